The highest BCUT2D eigenvalue weighted by atomic mass is 16.5. The standard InChI is InChI=1S/C75H141NO5/c1-3-5-7-9-11-13-15-16-17-18-36-40-43-46-49-53-57-61-65-69-75(80)81-70-66-62-58-54-50-47-44-41-38-35-33-31-29-27-25-23-21-19-20-22-24-26-28-30-32-34-37-39-42-45-48-52-56-60-64-68-74(79)76-72(71-77)73(78)67-63-59-55-51-14-12-10-8-6-4-2/h11,13,16-17,21,23,27,29,72-73,77-78H,3-10,12,14-15,18-20,22,24-26,28,30-71H2,1-2H3,(H,76,79)/b13-11-,17-16-,23-21-,29-27-. The second kappa shape index (κ2) is 70.3. The van der Waals surface area contributed by atoms with Crippen molar-refractivity contribution in [2.75, 3.05) is 13.2 Å². The van der Waals surface area contributed by atoms with E-state index in [2.05, 4.69) is 67.8 Å². The van der Waals surface area contributed by atoms with Crippen molar-refractivity contribution < 1.29 is 24.5 Å². The summed E-state index contributed by atoms with van der Waals surface area (Å²) in [5.41, 5.74) is 0. The van der Waals surface area contributed by atoms with Gasteiger partial charge in [-0.2, -0.15) is 0 Å². The Hall–Kier alpha value is -2.18. The summed E-state index contributed by atoms with van der Waals surface area (Å²) in [7, 11) is 0. The molecule has 0 radical (unpaired) electrons. The summed E-state index contributed by atoms with van der Waals surface area (Å²) >= 11 is 0. The summed E-state index contributed by atoms with van der Waals surface area (Å²) in [6.45, 7) is 4.93. The quantitative estimate of drug-likeness (QED) is 0.0320. The van der Waals surface area contributed by atoms with Gasteiger partial charge < -0.3 is 20.3 Å². The third kappa shape index (κ3) is 66.8. The monoisotopic (exact) mass is 1140 g/mol. The summed E-state index contributed by atoms with van der Waals surface area (Å²) in [5, 5.41) is 23.2. The average molecular weight is 1140 g/mol. The number of aliphatic hydroxyl groups excluding tert-OH is 2. The van der Waals surface area contributed by atoms with Gasteiger partial charge in [0.25, 0.3) is 0 Å². The number of esters is 1. The van der Waals surface area contributed by atoms with Crippen LogP contribution in [0.4, 0.5) is 0 Å². The van der Waals surface area contributed by atoms with Crippen LogP contribution in [0, 0.1) is 0 Å². The van der Waals surface area contributed by atoms with Crippen LogP contribution >= 0.6 is 0 Å². The van der Waals surface area contributed by atoms with Crippen molar-refractivity contribution in [1.29, 1.82) is 0 Å². The number of ether oxygens (including phenoxy) is 1. The zero-order valence-corrected chi connectivity index (χ0v) is 54.5. The van der Waals surface area contributed by atoms with Crippen LogP contribution in [-0.4, -0.2) is 47.4 Å². The molecule has 81 heavy (non-hydrogen) atoms. The third-order valence-electron chi connectivity index (χ3n) is 16.9. The molecule has 3 N–H and O–H groups in total. The fourth-order valence-corrected chi connectivity index (χ4v) is 11.3. The van der Waals surface area contributed by atoms with E-state index >= 15 is 0 Å². The number of rotatable bonds is 68. The molecule has 0 aliphatic rings. The van der Waals surface area contributed by atoms with E-state index in [0.29, 0.717) is 25.9 Å². The van der Waals surface area contributed by atoms with Crippen molar-refractivity contribution in [2.24, 2.45) is 0 Å². The van der Waals surface area contributed by atoms with Crippen LogP contribution in [0.2, 0.25) is 0 Å². The smallest absolute Gasteiger partial charge is 0.305 e. The Balaban J connectivity index is 3.34. The predicted molar refractivity (Wildman–Crippen MR) is 356 cm³/mol. The molecule has 0 saturated heterocycles. The molecule has 2 atom stereocenters. The first-order valence-electron chi connectivity index (χ1n) is 36.4. The first-order chi connectivity index (χ1) is 40.0. The molecule has 0 saturated carbocycles. The summed E-state index contributed by atoms with van der Waals surface area (Å²) in [6.07, 6.45) is 91.9. The Morgan fingerprint density at radius 3 is 0.963 bits per heavy atom. The Morgan fingerprint density at radius 2 is 0.617 bits per heavy atom. The molecule has 0 rings (SSSR count). The predicted octanol–water partition coefficient (Wildman–Crippen LogP) is 23.6. The molecule has 6 heteroatoms. The van der Waals surface area contributed by atoms with Gasteiger partial charge in [0, 0.05) is 12.8 Å². The molecule has 0 bridgehead atoms. The van der Waals surface area contributed by atoms with E-state index < -0.39 is 12.1 Å². The van der Waals surface area contributed by atoms with E-state index in [4.69, 9.17) is 4.74 Å². The van der Waals surface area contributed by atoms with Gasteiger partial charge in [-0.05, 0) is 89.9 Å². The number of allylic oxidation sites excluding steroid dienone is 8. The minimum absolute atomic E-state index is 0.0131. The number of carbonyl (C=O) groups excluding carboxylic acids is 2. The first kappa shape index (κ1) is 78.8. The van der Waals surface area contributed by atoms with Crippen LogP contribution in [0.15, 0.2) is 48.6 Å². The lowest BCUT2D eigenvalue weighted by molar-refractivity contribution is -0.143. The highest BCUT2D eigenvalue weighted by Crippen LogP contribution is 2.18. The number of aliphatic hydroxyl groups is 2. The van der Waals surface area contributed by atoms with Crippen LogP contribution in [0.3, 0.4) is 0 Å². The van der Waals surface area contributed by atoms with Gasteiger partial charge in [0.1, 0.15) is 0 Å². The maximum atomic E-state index is 12.4. The van der Waals surface area contributed by atoms with Gasteiger partial charge in [-0.1, -0.05) is 339 Å². The molecule has 0 aromatic rings. The Morgan fingerprint density at radius 1 is 0.346 bits per heavy atom. The number of carbonyl (C=O) groups is 2. The molecule has 1 amide bonds. The van der Waals surface area contributed by atoms with Gasteiger partial charge in [-0.25, -0.2) is 0 Å². The normalized spacial score (nSPS) is 12.8. The van der Waals surface area contributed by atoms with Crippen LogP contribution in [0.1, 0.15) is 393 Å². The van der Waals surface area contributed by atoms with E-state index in [9.17, 15) is 19.8 Å². The van der Waals surface area contributed by atoms with Crippen molar-refractivity contribution in [2.45, 2.75) is 405 Å². The van der Waals surface area contributed by atoms with Crippen molar-refractivity contribution in [3.63, 3.8) is 0 Å². The van der Waals surface area contributed by atoms with Crippen molar-refractivity contribution in [1.82, 2.24) is 5.32 Å². The highest BCUT2D eigenvalue weighted by molar-refractivity contribution is 5.76. The molecule has 0 aliphatic carbocycles. The molecule has 0 heterocycles. The number of hydrogen-bond acceptors (Lipinski definition) is 5. The van der Waals surface area contributed by atoms with E-state index in [1.807, 2.05) is 0 Å². The molecule has 0 fully saturated rings. The Bertz CT molecular complexity index is 1360. The van der Waals surface area contributed by atoms with Crippen molar-refractivity contribution >= 4 is 11.9 Å². The molecule has 476 valence electrons. The van der Waals surface area contributed by atoms with Crippen molar-refractivity contribution in [3.05, 3.63) is 48.6 Å². The average Bonchev–Trinajstić information content (AvgIpc) is 3.47. The van der Waals surface area contributed by atoms with Gasteiger partial charge in [0.05, 0.1) is 25.4 Å². The molecule has 6 nitrogen and oxygen atoms in total. The Labute approximate surface area is 506 Å². The van der Waals surface area contributed by atoms with E-state index in [-0.39, 0.29) is 18.5 Å². The summed E-state index contributed by atoms with van der Waals surface area (Å²) in [6, 6.07) is -0.538. The third-order valence-corrected chi connectivity index (χ3v) is 16.9. The molecule has 0 spiro atoms. The molecular weight excluding hydrogens is 995 g/mol. The van der Waals surface area contributed by atoms with Gasteiger partial charge in [-0.3, -0.25) is 9.59 Å². The molecular formula is C75H141NO5. The fraction of sp³-hybridized carbons (Fsp3) is 0.867. The lowest BCUT2D eigenvalue weighted by atomic mass is 10.0. The Kier molecular flexibility index (Phi) is 68.4. The minimum Gasteiger partial charge on any atom is -0.466 e. The summed E-state index contributed by atoms with van der Waals surface area (Å²) in [4.78, 5) is 24.6. The van der Waals surface area contributed by atoms with Gasteiger partial charge in [0.15, 0.2) is 0 Å². The number of amides is 1. The maximum Gasteiger partial charge on any atom is 0.305 e. The van der Waals surface area contributed by atoms with E-state index in [1.165, 1.54) is 302 Å². The largest absolute Gasteiger partial charge is 0.466 e. The molecule has 2 unspecified atom stereocenters. The number of nitrogens with one attached hydrogen (secondary N) is 1. The maximum absolute atomic E-state index is 12.4. The van der Waals surface area contributed by atoms with Crippen LogP contribution in [0.25, 0.3) is 0 Å². The lowest BCUT2D eigenvalue weighted by Crippen LogP contribution is -2.45. The lowest BCUT2D eigenvalue weighted by Gasteiger charge is -2.22. The second-order valence-electron chi connectivity index (χ2n) is 24.9. The zero-order chi connectivity index (χ0) is 58.5. The SMILES string of the molecule is CCCCC/C=C\C/C=C\CCCCCCCCCCCC(=O)OCCCCCCCCCCCCC/C=C\C/C=C\CCCCCCCCCCCCCCCCCCCC(=O)NC(CO)C(O)CCCCCCCCCCCC. The van der Waals surface area contributed by atoms with E-state index in [0.717, 1.165) is 57.8 Å². The van der Waals surface area contributed by atoms with Crippen LogP contribution < -0.4 is 5.32 Å². The van der Waals surface area contributed by atoms with Crippen LogP contribution in [-0.2, 0) is 14.3 Å². The zero-order valence-electron chi connectivity index (χ0n) is 54.5. The summed E-state index contributed by atoms with van der Waals surface area (Å²) in [5.74, 6) is -0.0199. The van der Waals surface area contributed by atoms with Gasteiger partial charge in [0.2, 0.25) is 5.91 Å². The first-order valence-corrected chi connectivity index (χ1v) is 36.4. The molecule has 0 aromatic heterocycles. The number of hydrogen-bond donors (Lipinski definition) is 3. The molecule has 0 aromatic carbocycles. The van der Waals surface area contributed by atoms with Gasteiger partial charge in [-0.15, -0.1) is 0 Å². The summed E-state index contributed by atoms with van der Waals surface area (Å²) < 4.78 is 5.51. The second-order valence-corrected chi connectivity index (χ2v) is 24.9. The topological polar surface area (TPSA) is 95.9 Å². The fourth-order valence-electron chi connectivity index (χ4n) is 11.3. The number of unbranched alkanes of at least 4 members (excludes halogenated alkanes) is 49. The minimum atomic E-state index is -0.661. The van der Waals surface area contributed by atoms with Crippen molar-refractivity contribution in [3.8, 4) is 0 Å². The molecule has 0 aliphatic heterocycles. The van der Waals surface area contributed by atoms with E-state index in [1.54, 1.807) is 0 Å². The van der Waals surface area contributed by atoms with Crippen LogP contribution in [0.5, 0.6) is 0 Å². The highest BCUT2D eigenvalue weighted by Gasteiger charge is 2.20. The van der Waals surface area contributed by atoms with Gasteiger partial charge >= 0.3 is 5.97 Å².